The van der Waals surface area contributed by atoms with E-state index in [1.54, 1.807) is 19.1 Å². The van der Waals surface area contributed by atoms with Gasteiger partial charge in [-0.1, -0.05) is 19.1 Å². The van der Waals surface area contributed by atoms with E-state index in [1.807, 2.05) is 6.92 Å². The summed E-state index contributed by atoms with van der Waals surface area (Å²) in [7, 11) is 0. The SMILES string of the molecule is CCOC(=O)CCC(C)c1ccc([N+](=O)[O-])cc1. The molecule has 0 aliphatic carbocycles. The molecule has 5 nitrogen and oxygen atoms in total. The molecule has 0 N–H and O–H groups in total. The molecule has 0 saturated carbocycles. The van der Waals surface area contributed by atoms with Crippen molar-refractivity contribution in [3.63, 3.8) is 0 Å². The molecule has 0 radical (unpaired) electrons. The van der Waals surface area contributed by atoms with Gasteiger partial charge in [-0.05, 0) is 24.8 Å². The van der Waals surface area contributed by atoms with E-state index in [2.05, 4.69) is 0 Å². The average Bonchev–Trinajstić information content (AvgIpc) is 2.36. The molecule has 1 atom stereocenters. The largest absolute Gasteiger partial charge is 0.466 e. The second-order valence-corrected chi connectivity index (χ2v) is 4.09. The topological polar surface area (TPSA) is 69.4 Å². The van der Waals surface area contributed by atoms with Gasteiger partial charge in [0, 0.05) is 18.6 Å². The van der Waals surface area contributed by atoms with Crippen molar-refractivity contribution in [2.75, 3.05) is 6.61 Å². The van der Waals surface area contributed by atoms with Crippen LogP contribution in [0.5, 0.6) is 0 Å². The number of rotatable bonds is 6. The Balaban J connectivity index is 2.53. The number of nitrogens with zero attached hydrogens (tertiary/aromatic N) is 1. The lowest BCUT2D eigenvalue weighted by atomic mass is 9.96. The highest BCUT2D eigenvalue weighted by molar-refractivity contribution is 5.69. The quantitative estimate of drug-likeness (QED) is 0.442. The van der Waals surface area contributed by atoms with Crippen molar-refractivity contribution in [1.29, 1.82) is 0 Å². The zero-order valence-corrected chi connectivity index (χ0v) is 10.6. The molecule has 1 unspecified atom stereocenters. The zero-order chi connectivity index (χ0) is 13.5. The number of nitro benzene ring substituents is 1. The Hall–Kier alpha value is -1.91. The summed E-state index contributed by atoms with van der Waals surface area (Å²) in [5.74, 6) is -0.0264. The van der Waals surface area contributed by atoms with Crippen LogP contribution in [0.25, 0.3) is 0 Å². The van der Waals surface area contributed by atoms with Crippen LogP contribution in [0.3, 0.4) is 0 Å². The minimum Gasteiger partial charge on any atom is -0.466 e. The van der Waals surface area contributed by atoms with Crippen LogP contribution in [0.2, 0.25) is 0 Å². The van der Waals surface area contributed by atoms with Crippen LogP contribution in [-0.2, 0) is 9.53 Å². The highest BCUT2D eigenvalue weighted by Crippen LogP contribution is 2.23. The average molecular weight is 251 g/mol. The lowest BCUT2D eigenvalue weighted by Crippen LogP contribution is -2.05. The van der Waals surface area contributed by atoms with Crippen molar-refractivity contribution >= 4 is 11.7 Å². The highest BCUT2D eigenvalue weighted by atomic mass is 16.6. The van der Waals surface area contributed by atoms with Crippen molar-refractivity contribution in [2.45, 2.75) is 32.6 Å². The van der Waals surface area contributed by atoms with Crippen molar-refractivity contribution in [2.24, 2.45) is 0 Å². The maximum absolute atomic E-state index is 11.2. The van der Waals surface area contributed by atoms with E-state index in [-0.39, 0.29) is 17.6 Å². The summed E-state index contributed by atoms with van der Waals surface area (Å²) in [5.41, 5.74) is 1.07. The molecule has 1 aromatic rings. The highest BCUT2D eigenvalue weighted by Gasteiger charge is 2.11. The molecule has 0 aliphatic rings. The first kappa shape index (κ1) is 14.2. The molecule has 0 spiro atoms. The molecule has 0 saturated heterocycles. The van der Waals surface area contributed by atoms with E-state index in [9.17, 15) is 14.9 Å². The molecule has 0 aliphatic heterocycles. The van der Waals surface area contributed by atoms with Gasteiger partial charge in [0.1, 0.15) is 0 Å². The molecular formula is C13H17NO4. The molecule has 0 aromatic heterocycles. The zero-order valence-electron chi connectivity index (χ0n) is 10.6. The molecule has 18 heavy (non-hydrogen) atoms. The first-order valence-corrected chi connectivity index (χ1v) is 5.94. The summed E-state index contributed by atoms with van der Waals surface area (Å²) in [4.78, 5) is 21.3. The van der Waals surface area contributed by atoms with E-state index in [0.717, 1.165) is 5.56 Å². The van der Waals surface area contributed by atoms with E-state index in [0.29, 0.717) is 19.4 Å². The van der Waals surface area contributed by atoms with Gasteiger partial charge in [-0.2, -0.15) is 0 Å². The number of ether oxygens (including phenoxy) is 1. The molecule has 1 rings (SSSR count). The van der Waals surface area contributed by atoms with Gasteiger partial charge in [-0.25, -0.2) is 0 Å². The first-order valence-electron chi connectivity index (χ1n) is 5.94. The Bertz CT molecular complexity index is 414. The van der Waals surface area contributed by atoms with Crippen LogP contribution in [-0.4, -0.2) is 17.5 Å². The lowest BCUT2D eigenvalue weighted by molar-refractivity contribution is -0.384. The minimum atomic E-state index is -0.424. The van der Waals surface area contributed by atoms with E-state index in [4.69, 9.17) is 4.74 Å². The maximum Gasteiger partial charge on any atom is 0.305 e. The van der Waals surface area contributed by atoms with Gasteiger partial charge in [0.05, 0.1) is 11.5 Å². The Morgan fingerprint density at radius 1 is 1.39 bits per heavy atom. The summed E-state index contributed by atoms with van der Waals surface area (Å²) in [5, 5.41) is 10.5. The number of benzene rings is 1. The Morgan fingerprint density at radius 3 is 2.50 bits per heavy atom. The summed E-state index contributed by atoms with van der Waals surface area (Å²) >= 11 is 0. The van der Waals surface area contributed by atoms with Crippen LogP contribution < -0.4 is 0 Å². The molecule has 0 fully saturated rings. The van der Waals surface area contributed by atoms with Gasteiger partial charge in [0.2, 0.25) is 0 Å². The Morgan fingerprint density at radius 2 is 2.00 bits per heavy atom. The van der Waals surface area contributed by atoms with Gasteiger partial charge in [-0.15, -0.1) is 0 Å². The fourth-order valence-corrected chi connectivity index (χ4v) is 1.66. The predicted octanol–water partition coefficient (Wildman–Crippen LogP) is 3.04. The monoisotopic (exact) mass is 251 g/mol. The number of hydrogen-bond acceptors (Lipinski definition) is 4. The van der Waals surface area contributed by atoms with Crippen molar-refractivity contribution in [3.05, 3.63) is 39.9 Å². The van der Waals surface area contributed by atoms with Gasteiger partial charge in [0.15, 0.2) is 0 Å². The maximum atomic E-state index is 11.2. The molecule has 5 heteroatoms. The summed E-state index contributed by atoms with van der Waals surface area (Å²) in [6, 6.07) is 6.42. The number of esters is 1. The second kappa shape index (κ2) is 6.74. The summed E-state index contributed by atoms with van der Waals surface area (Å²) in [6.45, 7) is 4.16. The smallest absolute Gasteiger partial charge is 0.305 e. The molecule has 1 aromatic carbocycles. The standard InChI is InChI=1S/C13H17NO4/c1-3-18-13(15)9-4-10(2)11-5-7-12(8-6-11)14(16)17/h5-8,10H,3-4,9H2,1-2H3. The summed E-state index contributed by atoms with van der Waals surface area (Å²) in [6.07, 6.45) is 1.04. The Kier molecular flexibility index (Phi) is 5.30. The molecular weight excluding hydrogens is 234 g/mol. The third-order valence-corrected chi connectivity index (χ3v) is 2.76. The van der Waals surface area contributed by atoms with Gasteiger partial charge in [0.25, 0.3) is 5.69 Å². The van der Waals surface area contributed by atoms with E-state index in [1.165, 1.54) is 12.1 Å². The van der Waals surface area contributed by atoms with Crippen LogP contribution in [0.1, 0.15) is 38.2 Å². The number of non-ortho nitro benzene ring substituents is 1. The molecule has 0 heterocycles. The number of carbonyl (C=O) groups excluding carboxylic acids is 1. The van der Waals surface area contributed by atoms with E-state index < -0.39 is 4.92 Å². The van der Waals surface area contributed by atoms with Gasteiger partial charge < -0.3 is 4.74 Å². The van der Waals surface area contributed by atoms with Crippen LogP contribution in [0, 0.1) is 10.1 Å². The van der Waals surface area contributed by atoms with E-state index >= 15 is 0 Å². The normalized spacial score (nSPS) is 11.9. The number of nitro groups is 1. The van der Waals surface area contributed by atoms with Crippen molar-refractivity contribution in [1.82, 2.24) is 0 Å². The van der Waals surface area contributed by atoms with Crippen molar-refractivity contribution < 1.29 is 14.5 Å². The third-order valence-electron chi connectivity index (χ3n) is 2.76. The predicted molar refractivity (Wildman–Crippen MR) is 67.4 cm³/mol. The van der Waals surface area contributed by atoms with Gasteiger partial charge in [-0.3, -0.25) is 14.9 Å². The number of carbonyl (C=O) groups is 1. The van der Waals surface area contributed by atoms with Crippen LogP contribution >= 0.6 is 0 Å². The van der Waals surface area contributed by atoms with Crippen LogP contribution in [0.4, 0.5) is 5.69 Å². The first-order chi connectivity index (χ1) is 8.54. The summed E-state index contributed by atoms with van der Waals surface area (Å²) < 4.78 is 4.85. The van der Waals surface area contributed by atoms with Crippen molar-refractivity contribution in [3.8, 4) is 0 Å². The second-order valence-electron chi connectivity index (χ2n) is 4.09. The van der Waals surface area contributed by atoms with Gasteiger partial charge >= 0.3 is 5.97 Å². The molecule has 98 valence electrons. The van der Waals surface area contributed by atoms with Crippen LogP contribution in [0.15, 0.2) is 24.3 Å². The lowest BCUT2D eigenvalue weighted by Gasteiger charge is -2.10. The molecule has 0 amide bonds. The fourth-order valence-electron chi connectivity index (χ4n) is 1.66. The number of hydrogen-bond donors (Lipinski definition) is 0. The molecule has 0 bridgehead atoms. The Labute approximate surface area is 106 Å². The minimum absolute atomic E-state index is 0.0799. The fraction of sp³-hybridized carbons (Fsp3) is 0.462. The third kappa shape index (κ3) is 4.16.